The first-order valence-corrected chi connectivity index (χ1v) is 7.68. The van der Waals surface area contributed by atoms with Gasteiger partial charge in [0.05, 0.1) is 0 Å². The van der Waals surface area contributed by atoms with Gasteiger partial charge in [-0.3, -0.25) is 0 Å². The molecule has 1 aliphatic heterocycles. The van der Waals surface area contributed by atoms with Crippen molar-refractivity contribution in [2.45, 2.75) is 65.3 Å². The molecule has 0 saturated carbocycles. The summed E-state index contributed by atoms with van der Waals surface area (Å²) in [5.74, 6) is 0.883. The van der Waals surface area contributed by atoms with Crippen LogP contribution in [0, 0.1) is 5.92 Å². The molecule has 0 aromatic rings. The maximum absolute atomic E-state index is 3.58. The highest BCUT2D eigenvalue weighted by atomic mass is 15.2. The van der Waals surface area contributed by atoms with Gasteiger partial charge in [0.15, 0.2) is 0 Å². The standard InChI is InChI=1S/C15H32N2/c1-4-15-13-17(12-10-16-15)11-8-6-5-7-9-14(2)3/h14-16H,4-13H2,1-3H3. The van der Waals surface area contributed by atoms with E-state index in [9.17, 15) is 0 Å². The van der Waals surface area contributed by atoms with Crippen LogP contribution in [0.25, 0.3) is 0 Å². The van der Waals surface area contributed by atoms with Gasteiger partial charge in [0, 0.05) is 25.7 Å². The third kappa shape index (κ3) is 7.05. The molecule has 0 aromatic carbocycles. The Morgan fingerprint density at radius 2 is 1.94 bits per heavy atom. The van der Waals surface area contributed by atoms with Crippen LogP contribution in [0.15, 0.2) is 0 Å². The molecule has 0 radical (unpaired) electrons. The van der Waals surface area contributed by atoms with Crippen LogP contribution in [0.3, 0.4) is 0 Å². The quantitative estimate of drug-likeness (QED) is 0.655. The van der Waals surface area contributed by atoms with Gasteiger partial charge in [0.2, 0.25) is 0 Å². The number of rotatable bonds is 8. The van der Waals surface area contributed by atoms with E-state index in [1.165, 1.54) is 64.7 Å². The molecule has 1 rings (SSSR count). The fourth-order valence-corrected chi connectivity index (χ4v) is 2.61. The molecular formula is C15H32N2. The van der Waals surface area contributed by atoms with E-state index in [0.29, 0.717) is 0 Å². The normalized spacial score (nSPS) is 22.2. The van der Waals surface area contributed by atoms with Crippen molar-refractivity contribution in [1.29, 1.82) is 0 Å². The van der Waals surface area contributed by atoms with E-state index in [0.717, 1.165) is 12.0 Å². The first-order valence-electron chi connectivity index (χ1n) is 7.68. The lowest BCUT2D eigenvalue weighted by Gasteiger charge is -2.33. The van der Waals surface area contributed by atoms with Crippen LogP contribution in [-0.4, -0.2) is 37.1 Å². The zero-order chi connectivity index (χ0) is 12.5. The van der Waals surface area contributed by atoms with E-state index >= 15 is 0 Å². The van der Waals surface area contributed by atoms with Crippen molar-refractivity contribution in [2.75, 3.05) is 26.2 Å². The molecule has 1 unspecified atom stereocenters. The highest BCUT2D eigenvalue weighted by molar-refractivity contribution is 4.77. The van der Waals surface area contributed by atoms with Crippen molar-refractivity contribution in [1.82, 2.24) is 10.2 Å². The van der Waals surface area contributed by atoms with Crippen molar-refractivity contribution < 1.29 is 0 Å². The molecule has 0 amide bonds. The van der Waals surface area contributed by atoms with Crippen LogP contribution in [-0.2, 0) is 0 Å². The molecule has 1 saturated heterocycles. The Hall–Kier alpha value is -0.0800. The van der Waals surface area contributed by atoms with E-state index in [-0.39, 0.29) is 0 Å². The van der Waals surface area contributed by atoms with Gasteiger partial charge in [-0.05, 0) is 25.3 Å². The minimum atomic E-state index is 0.740. The zero-order valence-electron chi connectivity index (χ0n) is 12.2. The zero-order valence-corrected chi connectivity index (χ0v) is 12.2. The van der Waals surface area contributed by atoms with Gasteiger partial charge in [0.25, 0.3) is 0 Å². The molecule has 2 heteroatoms. The van der Waals surface area contributed by atoms with E-state index in [4.69, 9.17) is 0 Å². The van der Waals surface area contributed by atoms with Gasteiger partial charge in [-0.25, -0.2) is 0 Å². The minimum Gasteiger partial charge on any atom is -0.311 e. The Kier molecular flexibility index (Phi) is 7.87. The lowest BCUT2D eigenvalue weighted by molar-refractivity contribution is 0.193. The number of nitrogens with zero attached hydrogens (tertiary/aromatic N) is 1. The van der Waals surface area contributed by atoms with Crippen LogP contribution in [0.1, 0.15) is 59.3 Å². The van der Waals surface area contributed by atoms with Gasteiger partial charge in [-0.2, -0.15) is 0 Å². The Morgan fingerprint density at radius 3 is 2.65 bits per heavy atom. The van der Waals surface area contributed by atoms with Crippen molar-refractivity contribution >= 4 is 0 Å². The summed E-state index contributed by atoms with van der Waals surface area (Å²) in [7, 11) is 0. The predicted octanol–water partition coefficient (Wildman–Crippen LogP) is 3.28. The van der Waals surface area contributed by atoms with Gasteiger partial charge >= 0.3 is 0 Å². The molecule has 1 fully saturated rings. The maximum atomic E-state index is 3.58. The molecule has 1 heterocycles. The van der Waals surface area contributed by atoms with Crippen LogP contribution in [0.5, 0.6) is 0 Å². The molecule has 17 heavy (non-hydrogen) atoms. The Morgan fingerprint density at radius 1 is 1.18 bits per heavy atom. The number of piperazine rings is 1. The first kappa shape index (κ1) is 15.0. The largest absolute Gasteiger partial charge is 0.311 e. The van der Waals surface area contributed by atoms with Crippen LogP contribution in [0.2, 0.25) is 0 Å². The molecule has 0 aromatic heterocycles. The molecule has 102 valence electrons. The first-order chi connectivity index (χ1) is 8.22. The molecule has 2 nitrogen and oxygen atoms in total. The maximum Gasteiger partial charge on any atom is 0.0192 e. The molecule has 0 spiro atoms. The van der Waals surface area contributed by atoms with Crippen LogP contribution in [0.4, 0.5) is 0 Å². The average Bonchev–Trinajstić information content (AvgIpc) is 2.33. The minimum absolute atomic E-state index is 0.740. The highest BCUT2D eigenvalue weighted by Crippen LogP contribution is 2.10. The van der Waals surface area contributed by atoms with Crippen molar-refractivity contribution in [3.05, 3.63) is 0 Å². The fourth-order valence-electron chi connectivity index (χ4n) is 2.61. The summed E-state index contributed by atoms with van der Waals surface area (Å²) >= 11 is 0. The predicted molar refractivity (Wildman–Crippen MR) is 76.4 cm³/mol. The van der Waals surface area contributed by atoms with Crippen LogP contribution >= 0.6 is 0 Å². The summed E-state index contributed by atoms with van der Waals surface area (Å²) in [4.78, 5) is 2.65. The van der Waals surface area contributed by atoms with E-state index in [1.807, 2.05) is 0 Å². The van der Waals surface area contributed by atoms with Crippen molar-refractivity contribution in [2.24, 2.45) is 5.92 Å². The van der Waals surface area contributed by atoms with E-state index in [1.54, 1.807) is 0 Å². The third-order valence-electron chi connectivity index (χ3n) is 3.84. The summed E-state index contributed by atoms with van der Waals surface area (Å²) < 4.78 is 0. The molecular weight excluding hydrogens is 208 g/mol. The number of unbranched alkanes of at least 4 members (excludes halogenated alkanes) is 3. The number of nitrogens with one attached hydrogen (secondary N) is 1. The SMILES string of the molecule is CCC1CN(CCCCCCC(C)C)CCN1. The molecule has 0 aliphatic carbocycles. The Labute approximate surface area is 108 Å². The summed E-state index contributed by atoms with van der Waals surface area (Å²) in [6.07, 6.45) is 8.36. The number of hydrogen-bond acceptors (Lipinski definition) is 2. The summed E-state index contributed by atoms with van der Waals surface area (Å²) in [6.45, 7) is 12.0. The lowest BCUT2D eigenvalue weighted by Crippen LogP contribution is -2.50. The molecule has 1 aliphatic rings. The highest BCUT2D eigenvalue weighted by Gasteiger charge is 2.16. The smallest absolute Gasteiger partial charge is 0.0192 e. The summed E-state index contributed by atoms with van der Waals surface area (Å²) in [6, 6.07) is 0.740. The van der Waals surface area contributed by atoms with Gasteiger partial charge < -0.3 is 10.2 Å². The third-order valence-corrected chi connectivity index (χ3v) is 3.84. The monoisotopic (exact) mass is 240 g/mol. The summed E-state index contributed by atoms with van der Waals surface area (Å²) in [5.41, 5.74) is 0. The second-order valence-electron chi connectivity index (χ2n) is 5.96. The molecule has 1 atom stereocenters. The van der Waals surface area contributed by atoms with Gasteiger partial charge in [-0.1, -0.05) is 46.5 Å². The van der Waals surface area contributed by atoms with E-state index < -0.39 is 0 Å². The second-order valence-corrected chi connectivity index (χ2v) is 5.96. The van der Waals surface area contributed by atoms with Gasteiger partial charge in [0.1, 0.15) is 0 Å². The Bertz CT molecular complexity index is 180. The molecule has 0 bridgehead atoms. The van der Waals surface area contributed by atoms with Crippen LogP contribution < -0.4 is 5.32 Å². The topological polar surface area (TPSA) is 15.3 Å². The van der Waals surface area contributed by atoms with Gasteiger partial charge in [-0.15, -0.1) is 0 Å². The fraction of sp³-hybridized carbons (Fsp3) is 1.00. The second kappa shape index (κ2) is 8.93. The van der Waals surface area contributed by atoms with E-state index in [2.05, 4.69) is 31.0 Å². The summed E-state index contributed by atoms with van der Waals surface area (Å²) in [5, 5.41) is 3.58. The average molecular weight is 240 g/mol. The van der Waals surface area contributed by atoms with Crippen molar-refractivity contribution in [3.8, 4) is 0 Å². The number of hydrogen-bond donors (Lipinski definition) is 1. The van der Waals surface area contributed by atoms with Crippen molar-refractivity contribution in [3.63, 3.8) is 0 Å². The lowest BCUT2D eigenvalue weighted by atomic mass is 10.0. The molecule has 1 N–H and O–H groups in total. The Balaban J connectivity index is 1.95.